The van der Waals surface area contributed by atoms with E-state index in [9.17, 15) is 4.79 Å². The van der Waals surface area contributed by atoms with Gasteiger partial charge in [0.15, 0.2) is 0 Å². The van der Waals surface area contributed by atoms with Crippen molar-refractivity contribution < 1.29 is 4.79 Å². The number of H-pyrrole nitrogens is 1. The second-order valence-corrected chi connectivity index (χ2v) is 4.30. The Morgan fingerprint density at radius 3 is 3.05 bits per heavy atom. The number of rotatable bonds is 3. The first-order valence-corrected chi connectivity index (χ1v) is 5.93. The Bertz CT molecular complexity index is 727. The summed E-state index contributed by atoms with van der Waals surface area (Å²) in [7, 11) is 1.78. The second kappa shape index (κ2) is 4.56. The van der Waals surface area contributed by atoms with Crippen LogP contribution in [0, 0.1) is 0 Å². The molecule has 0 aliphatic carbocycles. The average Bonchev–Trinajstić information content (AvgIpc) is 3.02. The predicted octanol–water partition coefficient (Wildman–Crippen LogP) is 1.23. The molecule has 19 heavy (non-hydrogen) atoms. The Kier molecular flexibility index (Phi) is 2.75. The molecule has 1 amide bonds. The zero-order chi connectivity index (χ0) is 13.2. The highest BCUT2D eigenvalue weighted by Crippen LogP contribution is 2.14. The van der Waals surface area contributed by atoms with Crippen LogP contribution in [0.2, 0.25) is 0 Å². The number of hydrogen-bond donors (Lipinski definition) is 2. The van der Waals surface area contributed by atoms with Gasteiger partial charge in [0, 0.05) is 18.6 Å². The maximum atomic E-state index is 11.9. The standard InChI is InChI=1S/C13H13N5O/c1-18-8-9(6-15-18)13(19)14-7-12-10-4-2-3-5-11(10)16-17-12/h2-6,8H,7H2,1H3,(H,14,19)(H,16,17). The first kappa shape index (κ1) is 11.5. The largest absolute Gasteiger partial charge is 0.346 e. The maximum absolute atomic E-state index is 11.9. The molecule has 0 saturated heterocycles. The van der Waals surface area contributed by atoms with E-state index in [1.165, 1.54) is 0 Å². The SMILES string of the molecule is Cn1cc(C(=O)NCc2[nH]nc3ccccc23)cn1. The van der Waals surface area contributed by atoms with Crippen molar-refractivity contribution in [2.75, 3.05) is 0 Å². The molecule has 2 N–H and O–H groups in total. The smallest absolute Gasteiger partial charge is 0.254 e. The molecular formula is C13H13N5O. The summed E-state index contributed by atoms with van der Waals surface area (Å²) in [6.45, 7) is 0.411. The number of aryl methyl sites for hydroxylation is 1. The van der Waals surface area contributed by atoms with Gasteiger partial charge in [-0.1, -0.05) is 18.2 Å². The Balaban J connectivity index is 1.74. The van der Waals surface area contributed by atoms with E-state index in [0.29, 0.717) is 12.1 Å². The molecule has 1 aromatic carbocycles. The summed E-state index contributed by atoms with van der Waals surface area (Å²) in [6.07, 6.45) is 3.22. The van der Waals surface area contributed by atoms with Crippen molar-refractivity contribution in [3.8, 4) is 0 Å². The molecule has 0 aliphatic heterocycles. The van der Waals surface area contributed by atoms with Crippen molar-refractivity contribution in [2.24, 2.45) is 7.05 Å². The Labute approximate surface area is 109 Å². The lowest BCUT2D eigenvalue weighted by atomic mass is 10.2. The third kappa shape index (κ3) is 2.20. The molecule has 0 bridgehead atoms. The molecule has 3 rings (SSSR count). The molecule has 0 radical (unpaired) electrons. The molecule has 96 valence electrons. The quantitative estimate of drug-likeness (QED) is 0.739. The summed E-state index contributed by atoms with van der Waals surface area (Å²) in [5, 5.41) is 15.0. The summed E-state index contributed by atoms with van der Waals surface area (Å²) < 4.78 is 1.60. The van der Waals surface area contributed by atoms with E-state index < -0.39 is 0 Å². The first-order valence-electron chi connectivity index (χ1n) is 5.93. The van der Waals surface area contributed by atoms with Crippen molar-refractivity contribution in [3.05, 3.63) is 47.9 Å². The summed E-state index contributed by atoms with van der Waals surface area (Å²) in [4.78, 5) is 11.9. The van der Waals surface area contributed by atoms with Crippen LogP contribution in [0.15, 0.2) is 36.7 Å². The molecule has 0 aliphatic rings. The number of carbonyl (C=O) groups excluding carboxylic acids is 1. The maximum Gasteiger partial charge on any atom is 0.254 e. The zero-order valence-corrected chi connectivity index (χ0v) is 10.4. The van der Waals surface area contributed by atoms with Gasteiger partial charge in [0.05, 0.1) is 29.5 Å². The highest BCUT2D eigenvalue weighted by atomic mass is 16.1. The summed E-state index contributed by atoms with van der Waals surface area (Å²) >= 11 is 0. The van der Waals surface area contributed by atoms with E-state index in [1.54, 1.807) is 24.1 Å². The summed E-state index contributed by atoms with van der Waals surface area (Å²) in [6, 6.07) is 7.79. The number of benzene rings is 1. The first-order chi connectivity index (χ1) is 9.24. The van der Waals surface area contributed by atoms with Crippen LogP contribution in [0.5, 0.6) is 0 Å². The van der Waals surface area contributed by atoms with Crippen molar-refractivity contribution >= 4 is 16.8 Å². The highest BCUT2D eigenvalue weighted by molar-refractivity contribution is 5.93. The van der Waals surface area contributed by atoms with Gasteiger partial charge < -0.3 is 5.32 Å². The molecule has 0 saturated carbocycles. The number of fused-ring (bicyclic) bond motifs is 1. The van der Waals surface area contributed by atoms with E-state index in [2.05, 4.69) is 20.6 Å². The number of carbonyl (C=O) groups is 1. The molecule has 0 unspecified atom stereocenters. The molecule has 6 heteroatoms. The molecule has 3 aromatic rings. The normalized spacial score (nSPS) is 10.8. The van der Waals surface area contributed by atoms with Crippen molar-refractivity contribution in [1.29, 1.82) is 0 Å². The molecular weight excluding hydrogens is 242 g/mol. The molecule has 0 atom stereocenters. The van der Waals surface area contributed by atoms with Crippen LogP contribution >= 0.6 is 0 Å². The third-order valence-corrected chi connectivity index (χ3v) is 2.93. The Hall–Kier alpha value is -2.63. The molecule has 0 spiro atoms. The fourth-order valence-electron chi connectivity index (χ4n) is 1.96. The summed E-state index contributed by atoms with van der Waals surface area (Å²) in [5.74, 6) is -0.146. The monoisotopic (exact) mass is 255 g/mol. The number of nitrogens with zero attached hydrogens (tertiary/aromatic N) is 3. The van der Waals surface area contributed by atoms with Gasteiger partial charge in [0.25, 0.3) is 5.91 Å². The van der Waals surface area contributed by atoms with E-state index >= 15 is 0 Å². The number of aromatic nitrogens is 4. The Morgan fingerprint density at radius 1 is 1.42 bits per heavy atom. The van der Waals surface area contributed by atoms with E-state index in [0.717, 1.165) is 16.6 Å². The van der Waals surface area contributed by atoms with Gasteiger partial charge in [-0.2, -0.15) is 10.2 Å². The van der Waals surface area contributed by atoms with Crippen LogP contribution in [0.4, 0.5) is 0 Å². The third-order valence-electron chi connectivity index (χ3n) is 2.93. The lowest BCUT2D eigenvalue weighted by Gasteiger charge is -2.01. The van der Waals surface area contributed by atoms with Crippen LogP contribution in [-0.4, -0.2) is 25.9 Å². The zero-order valence-electron chi connectivity index (χ0n) is 10.4. The van der Waals surface area contributed by atoms with Crippen LogP contribution < -0.4 is 5.32 Å². The van der Waals surface area contributed by atoms with Crippen LogP contribution in [0.3, 0.4) is 0 Å². The van der Waals surface area contributed by atoms with Crippen molar-refractivity contribution in [3.63, 3.8) is 0 Å². The average molecular weight is 255 g/mol. The molecule has 6 nitrogen and oxygen atoms in total. The second-order valence-electron chi connectivity index (χ2n) is 4.30. The molecule has 0 fully saturated rings. The highest BCUT2D eigenvalue weighted by Gasteiger charge is 2.09. The number of hydrogen-bond acceptors (Lipinski definition) is 3. The molecule has 2 aromatic heterocycles. The number of para-hydroxylation sites is 1. The van der Waals surface area contributed by atoms with Gasteiger partial charge in [0.1, 0.15) is 0 Å². The van der Waals surface area contributed by atoms with Crippen molar-refractivity contribution in [1.82, 2.24) is 25.3 Å². The Morgan fingerprint density at radius 2 is 2.26 bits per heavy atom. The lowest BCUT2D eigenvalue weighted by molar-refractivity contribution is 0.0950. The lowest BCUT2D eigenvalue weighted by Crippen LogP contribution is -2.22. The minimum absolute atomic E-state index is 0.146. The predicted molar refractivity (Wildman–Crippen MR) is 70.5 cm³/mol. The number of nitrogens with one attached hydrogen (secondary N) is 2. The van der Waals surface area contributed by atoms with Gasteiger partial charge in [0.2, 0.25) is 0 Å². The summed E-state index contributed by atoms with van der Waals surface area (Å²) in [5.41, 5.74) is 2.34. The topological polar surface area (TPSA) is 75.6 Å². The van der Waals surface area contributed by atoms with Gasteiger partial charge in [-0.3, -0.25) is 14.6 Å². The minimum Gasteiger partial charge on any atom is -0.346 e. The van der Waals surface area contributed by atoms with Gasteiger partial charge in [-0.25, -0.2) is 0 Å². The molecule has 2 heterocycles. The van der Waals surface area contributed by atoms with E-state index in [1.807, 2.05) is 24.3 Å². The van der Waals surface area contributed by atoms with Crippen molar-refractivity contribution in [2.45, 2.75) is 6.54 Å². The minimum atomic E-state index is -0.146. The van der Waals surface area contributed by atoms with Gasteiger partial charge in [-0.15, -0.1) is 0 Å². The van der Waals surface area contributed by atoms with Crippen LogP contribution in [-0.2, 0) is 13.6 Å². The van der Waals surface area contributed by atoms with Crippen LogP contribution in [0.1, 0.15) is 16.1 Å². The fraction of sp³-hybridized carbons (Fsp3) is 0.154. The fourth-order valence-corrected chi connectivity index (χ4v) is 1.96. The van der Waals surface area contributed by atoms with Gasteiger partial charge in [-0.05, 0) is 6.07 Å². The van der Waals surface area contributed by atoms with Gasteiger partial charge >= 0.3 is 0 Å². The number of aromatic amines is 1. The van der Waals surface area contributed by atoms with E-state index in [4.69, 9.17) is 0 Å². The van der Waals surface area contributed by atoms with E-state index in [-0.39, 0.29) is 5.91 Å². The van der Waals surface area contributed by atoms with Crippen LogP contribution in [0.25, 0.3) is 10.9 Å². The number of amides is 1.